The molecule has 2 atom stereocenters. The van der Waals surface area contributed by atoms with Crippen LogP contribution in [0.15, 0.2) is 36.5 Å². The minimum absolute atomic E-state index is 0.0301. The third-order valence-corrected chi connectivity index (χ3v) is 12.2. The third kappa shape index (κ3) is 47.4. The summed E-state index contributed by atoms with van der Waals surface area (Å²) in [5, 5.41) is 23.1. The Kier molecular flexibility index (Phi) is 49.1. The predicted molar refractivity (Wildman–Crippen MR) is 264 cm³/mol. The summed E-state index contributed by atoms with van der Waals surface area (Å²) in [5.41, 5.74) is 0. The number of ether oxygens (including phenoxy) is 1. The molecule has 0 aliphatic rings. The molecule has 6 heteroatoms. The molecule has 0 spiro atoms. The van der Waals surface area contributed by atoms with Crippen molar-refractivity contribution in [3.8, 4) is 0 Å². The number of carbonyl (C=O) groups excluding carboxylic acids is 2. The molecule has 0 rings (SSSR count). The van der Waals surface area contributed by atoms with Crippen LogP contribution in [0.3, 0.4) is 0 Å². The van der Waals surface area contributed by atoms with Crippen LogP contribution in [0.5, 0.6) is 0 Å². The zero-order chi connectivity index (χ0) is 44.4. The molecular formula is C55H103NO5. The summed E-state index contributed by atoms with van der Waals surface area (Å²) in [7, 11) is 0. The van der Waals surface area contributed by atoms with E-state index >= 15 is 0 Å². The smallest absolute Gasteiger partial charge is 0.305 e. The molecule has 0 aromatic rings. The van der Waals surface area contributed by atoms with Crippen LogP contribution in [0.1, 0.15) is 277 Å². The monoisotopic (exact) mass is 858 g/mol. The van der Waals surface area contributed by atoms with E-state index in [0.717, 1.165) is 70.6 Å². The number of hydrogen-bond donors (Lipinski definition) is 3. The van der Waals surface area contributed by atoms with E-state index in [2.05, 4.69) is 43.5 Å². The van der Waals surface area contributed by atoms with Gasteiger partial charge in [-0.15, -0.1) is 0 Å². The van der Waals surface area contributed by atoms with E-state index in [1.807, 2.05) is 6.08 Å². The van der Waals surface area contributed by atoms with Crippen LogP contribution in [0.25, 0.3) is 0 Å². The van der Waals surface area contributed by atoms with Gasteiger partial charge < -0.3 is 20.3 Å². The summed E-state index contributed by atoms with van der Waals surface area (Å²) in [6.45, 7) is 4.82. The molecule has 3 N–H and O–H groups in total. The number of aliphatic hydroxyl groups is 2. The normalized spacial score (nSPS) is 12.9. The number of rotatable bonds is 49. The van der Waals surface area contributed by atoms with Crippen molar-refractivity contribution in [2.24, 2.45) is 0 Å². The summed E-state index contributed by atoms with van der Waals surface area (Å²) in [6.07, 6.45) is 61.4. The minimum atomic E-state index is -0.858. The van der Waals surface area contributed by atoms with Gasteiger partial charge in [0.15, 0.2) is 0 Å². The Morgan fingerprint density at radius 1 is 0.459 bits per heavy atom. The molecule has 0 radical (unpaired) electrons. The maximum absolute atomic E-state index is 12.5. The molecule has 0 aliphatic heterocycles. The van der Waals surface area contributed by atoms with E-state index in [1.165, 1.54) is 180 Å². The first kappa shape index (κ1) is 59.1. The van der Waals surface area contributed by atoms with Crippen LogP contribution >= 0.6 is 0 Å². The Balaban J connectivity index is 3.52. The first-order chi connectivity index (χ1) is 30.0. The molecule has 0 aromatic carbocycles. The van der Waals surface area contributed by atoms with Crippen LogP contribution in [-0.2, 0) is 14.3 Å². The van der Waals surface area contributed by atoms with Gasteiger partial charge in [0, 0.05) is 12.8 Å². The van der Waals surface area contributed by atoms with Gasteiger partial charge >= 0.3 is 5.97 Å². The number of carbonyl (C=O) groups is 2. The van der Waals surface area contributed by atoms with Crippen LogP contribution in [0.2, 0.25) is 0 Å². The van der Waals surface area contributed by atoms with Gasteiger partial charge in [0.2, 0.25) is 5.91 Å². The summed E-state index contributed by atoms with van der Waals surface area (Å²) in [5.74, 6) is -0.117. The molecule has 1 amide bonds. The maximum Gasteiger partial charge on any atom is 0.305 e. The molecule has 2 unspecified atom stereocenters. The van der Waals surface area contributed by atoms with Gasteiger partial charge in [0.1, 0.15) is 0 Å². The van der Waals surface area contributed by atoms with Gasteiger partial charge in [-0.3, -0.25) is 9.59 Å². The van der Waals surface area contributed by atoms with Crippen molar-refractivity contribution in [3.63, 3.8) is 0 Å². The van der Waals surface area contributed by atoms with E-state index in [4.69, 9.17) is 4.74 Å². The van der Waals surface area contributed by atoms with Gasteiger partial charge in [0.05, 0.1) is 25.4 Å². The highest BCUT2D eigenvalue weighted by Crippen LogP contribution is 2.16. The number of nitrogens with one attached hydrogen (secondary N) is 1. The van der Waals surface area contributed by atoms with Gasteiger partial charge in [-0.1, -0.05) is 243 Å². The summed E-state index contributed by atoms with van der Waals surface area (Å²) in [6, 6.07) is -0.643. The second-order valence-electron chi connectivity index (χ2n) is 18.2. The topological polar surface area (TPSA) is 95.9 Å². The van der Waals surface area contributed by atoms with E-state index in [0.29, 0.717) is 19.4 Å². The number of amides is 1. The summed E-state index contributed by atoms with van der Waals surface area (Å²) >= 11 is 0. The molecule has 0 fully saturated rings. The van der Waals surface area contributed by atoms with E-state index in [1.54, 1.807) is 6.08 Å². The predicted octanol–water partition coefficient (Wildman–Crippen LogP) is 16.1. The van der Waals surface area contributed by atoms with Gasteiger partial charge in [-0.05, 0) is 57.8 Å². The largest absolute Gasteiger partial charge is 0.466 e. The van der Waals surface area contributed by atoms with Gasteiger partial charge in [-0.2, -0.15) is 0 Å². The fraction of sp³-hybridized carbons (Fsp3) is 0.855. The molecule has 0 heterocycles. The van der Waals surface area contributed by atoms with Crippen LogP contribution < -0.4 is 5.32 Å². The first-order valence-corrected chi connectivity index (χ1v) is 26.8. The molecule has 0 aromatic heterocycles. The van der Waals surface area contributed by atoms with Crippen molar-refractivity contribution < 1.29 is 24.5 Å². The van der Waals surface area contributed by atoms with Crippen molar-refractivity contribution in [1.82, 2.24) is 5.32 Å². The van der Waals surface area contributed by atoms with Crippen LogP contribution in [-0.4, -0.2) is 47.4 Å². The molecule has 358 valence electrons. The highest BCUT2D eigenvalue weighted by atomic mass is 16.5. The van der Waals surface area contributed by atoms with Crippen molar-refractivity contribution in [1.29, 1.82) is 0 Å². The van der Waals surface area contributed by atoms with E-state index < -0.39 is 12.1 Å². The fourth-order valence-corrected chi connectivity index (χ4v) is 8.00. The lowest BCUT2D eigenvalue weighted by atomic mass is 10.0. The molecule has 6 nitrogen and oxygen atoms in total. The lowest BCUT2D eigenvalue weighted by molar-refractivity contribution is -0.143. The van der Waals surface area contributed by atoms with Crippen molar-refractivity contribution >= 4 is 11.9 Å². The lowest BCUT2D eigenvalue weighted by Crippen LogP contribution is -2.45. The zero-order valence-corrected chi connectivity index (χ0v) is 40.6. The van der Waals surface area contributed by atoms with Crippen LogP contribution in [0, 0.1) is 0 Å². The highest BCUT2D eigenvalue weighted by molar-refractivity contribution is 5.76. The second kappa shape index (κ2) is 50.7. The highest BCUT2D eigenvalue weighted by Gasteiger charge is 2.18. The fourth-order valence-electron chi connectivity index (χ4n) is 8.00. The average Bonchev–Trinajstić information content (AvgIpc) is 3.26. The Hall–Kier alpha value is -1.92. The van der Waals surface area contributed by atoms with Gasteiger partial charge in [0.25, 0.3) is 0 Å². The SMILES string of the molecule is CCCC/C=C\C/C=C\CCCCCCCC(=O)OCCCCCCCCCCCCCC(=O)NC(CO)C(O)/C=C/CCCCCCCCCCCCCCCCCCC. The number of aliphatic hydroxyl groups excluding tert-OH is 2. The van der Waals surface area contributed by atoms with Crippen molar-refractivity contribution in [2.45, 2.75) is 289 Å². The van der Waals surface area contributed by atoms with Gasteiger partial charge in [-0.25, -0.2) is 0 Å². The first-order valence-electron chi connectivity index (χ1n) is 26.8. The average molecular weight is 858 g/mol. The quantitative estimate of drug-likeness (QED) is 0.0322. The zero-order valence-electron chi connectivity index (χ0n) is 40.6. The van der Waals surface area contributed by atoms with Crippen molar-refractivity contribution in [3.05, 3.63) is 36.5 Å². The standard InChI is InChI=1S/C55H103NO5/c1-3-5-7-9-11-13-15-17-19-20-21-22-23-24-27-31-35-39-43-47-53(58)52(51-57)56-54(59)48-44-40-36-32-28-26-30-34-38-42-46-50-61-55(60)49-45-41-37-33-29-25-18-16-14-12-10-8-6-4-2/h10,12,16,18,43,47,52-53,57-58H,3-9,11,13-15,17,19-42,44-46,48-51H2,1-2H3,(H,56,59)/b12-10-,18-16-,47-43+. The maximum atomic E-state index is 12.5. The number of unbranched alkanes of at least 4 members (excludes halogenated alkanes) is 34. The summed E-state index contributed by atoms with van der Waals surface area (Å²) in [4.78, 5) is 24.5. The molecule has 61 heavy (non-hydrogen) atoms. The minimum Gasteiger partial charge on any atom is -0.466 e. The Morgan fingerprint density at radius 3 is 1.30 bits per heavy atom. The molecule has 0 saturated heterocycles. The summed E-state index contributed by atoms with van der Waals surface area (Å²) < 4.78 is 5.45. The number of allylic oxidation sites excluding steroid dienone is 5. The Morgan fingerprint density at radius 2 is 0.836 bits per heavy atom. The number of esters is 1. The molecule has 0 bridgehead atoms. The van der Waals surface area contributed by atoms with Crippen molar-refractivity contribution in [2.75, 3.05) is 13.2 Å². The lowest BCUT2D eigenvalue weighted by Gasteiger charge is -2.20. The third-order valence-electron chi connectivity index (χ3n) is 12.2. The molecular weight excluding hydrogens is 755 g/mol. The molecule has 0 saturated carbocycles. The second-order valence-corrected chi connectivity index (χ2v) is 18.2. The Labute approximate surface area is 379 Å². The van der Waals surface area contributed by atoms with E-state index in [9.17, 15) is 19.8 Å². The number of hydrogen-bond acceptors (Lipinski definition) is 5. The Bertz CT molecular complexity index is 993. The molecule has 0 aliphatic carbocycles. The van der Waals surface area contributed by atoms with E-state index in [-0.39, 0.29) is 18.5 Å². The van der Waals surface area contributed by atoms with Crippen LogP contribution in [0.4, 0.5) is 0 Å².